The fourth-order valence-electron chi connectivity index (χ4n) is 1.86. The summed E-state index contributed by atoms with van der Waals surface area (Å²) in [5.41, 5.74) is 0.928. The van der Waals surface area contributed by atoms with Crippen molar-refractivity contribution in [2.75, 3.05) is 19.8 Å². The van der Waals surface area contributed by atoms with Gasteiger partial charge in [0.2, 0.25) is 0 Å². The molecule has 1 heterocycles. The summed E-state index contributed by atoms with van der Waals surface area (Å²) in [7, 11) is 0. The lowest BCUT2D eigenvalue weighted by molar-refractivity contribution is -0.142. The van der Waals surface area contributed by atoms with Crippen LogP contribution in [0.5, 0.6) is 11.5 Å². The van der Waals surface area contributed by atoms with Crippen LogP contribution in [0.15, 0.2) is 18.2 Å². The molecule has 0 aromatic heterocycles. The van der Waals surface area contributed by atoms with E-state index in [1.807, 2.05) is 18.2 Å². The van der Waals surface area contributed by atoms with Gasteiger partial charge in [-0.1, -0.05) is 6.07 Å². The third kappa shape index (κ3) is 3.77. The van der Waals surface area contributed by atoms with E-state index in [-0.39, 0.29) is 0 Å². The van der Waals surface area contributed by atoms with Crippen LogP contribution >= 0.6 is 11.6 Å². The topological polar surface area (TPSA) is 44.8 Å². The predicted octanol–water partition coefficient (Wildman–Crippen LogP) is 2.56. The largest absolute Gasteiger partial charge is 0.490 e. The normalized spacial score (nSPS) is 15.5. The van der Waals surface area contributed by atoms with Gasteiger partial charge in [-0.15, -0.1) is 11.6 Å². The number of ether oxygens (including phenoxy) is 3. The first-order valence-electron chi connectivity index (χ1n) is 6.40. The number of carbonyl (C=O) groups is 1. The highest BCUT2D eigenvalue weighted by atomic mass is 35.5. The molecule has 0 aliphatic carbocycles. The molecule has 104 valence electrons. The molecule has 1 aromatic carbocycles. The van der Waals surface area contributed by atoms with Crippen LogP contribution in [0.1, 0.15) is 18.9 Å². The average molecular weight is 285 g/mol. The van der Waals surface area contributed by atoms with E-state index in [0.29, 0.717) is 32.0 Å². The van der Waals surface area contributed by atoms with Crippen molar-refractivity contribution in [3.63, 3.8) is 0 Å². The molecule has 0 N–H and O–H groups in total. The Morgan fingerprint density at radius 3 is 2.84 bits per heavy atom. The highest BCUT2D eigenvalue weighted by molar-refractivity contribution is 6.30. The van der Waals surface area contributed by atoms with Crippen molar-refractivity contribution < 1.29 is 19.0 Å². The monoisotopic (exact) mass is 284 g/mol. The summed E-state index contributed by atoms with van der Waals surface area (Å²) in [5.74, 6) is 1.06. The summed E-state index contributed by atoms with van der Waals surface area (Å²) in [6.07, 6.45) is 1.28. The number of hydrogen-bond donors (Lipinski definition) is 0. The van der Waals surface area contributed by atoms with Crippen LogP contribution in [0, 0.1) is 0 Å². The maximum Gasteiger partial charge on any atom is 0.324 e. The summed E-state index contributed by atoms with van der Waals surface area (Å²) in [4.78, 5) is 11.5. The molecule has 0 spiro atoms. The summed E-state index contributed by atoms with van der Waals surface area (Å²) in [6.45, 7) is 3.39. The Kier molecular flexibility index (Phi) is 4.91. The number of rotatable bonds is 4. The number of esters is 1. The molecule has 4 nitrogen and oxygen atoms in total. The maximum absolute atomic E-state index is 11.5. The quantitative estimate of drug-likeness (QED) is 0.630. The molecular weight excluding hydrogens is 268 g/mol. The van der Waals surface area contributed by atoms with Gasteiger partial charge in [-0.25, -0.2) is 0 Å². The zero-order valence-electron chi connectivity index (χ0n) is 10.9. The molecule has 1 aromatic rings. The Bertz CT molecular complexity index is 447. The van der Waals surface area contributed by atoms with E-state index in [1.165, 1.54) is 0 Å². The number of halogens is 1. The third-order valence-corrected chi connectivity index (χ3v) is 3.10. The van der Waals surface area contributed by atoms with Gasteiger partial charge in [-0.2, -0.15) is 0 Å². The maximum atomic E-state index is 11.5. The van der Waals surface area contributed by atoms with Gasteiger partial charge in [-0.3, -0.25) is 4.79 Å². The van der Waals surface area contributed by atoms with Crippen LogP contribution in [0.25, 0.3) is 0 Å². The molecule has 0 saturated carbocycles. The SMILES string of the molecule is CCOC(=O)C(Cl)Cc1ccc2c(c1)OCCCO2. The first kappa shape index (κ1) is 14.0. The molecule has 0 radical (unpaired) electrons. The molecule has 19 heavy (non-hydrogen) atoms. The van der Waals surface area contributed by atoms with Crippen molar-refractivity contribution in [2.45, 2.75) is 25.1 Å². The van der Waals surface area contributed by atoms with Crippen LogP contribution in [0.2, 0.25) is 0 Å². The van der Waals surface area contributed by atoms with E-state index in [2.05, 4.69) is 0 Å². The van der Waals surface area contributed by atoms with Crippen molar-refractivity contribution in [1.29, 1.82) is 0 Å². The summed E-state index contributed by atoms with van der Waals surface area (Å²) >= 11 is 6.01. The van der Waals surface area contributed by atoms with Crippen molar-refractivity contribution in [2.24, 2.45) is 0 Å². The molecule has 0 amide bonds. The van der Waals surface area contributed by atoms with Gasteiger partial charge in [0.1, 0.15) is 5.38 Å². The second-order valence-corrected chi connectivity index (χ2v) is 4.78. The summed E-state index contributed by atoms with van der Waals surface area (Å²) < 4.78 is 16.0. The molecule has 0 saturated heterocycles. The van der Waals surface area contributed by atoms with Crippen molar-refractivity contribution in [3.05, 3.63) is 23.8 Å². The minimum absolute atomic E-state index is 0.337. The fourth-order valence-corrected chi connectivity index (χ4v) is 2.10. The van der Waals surface area contributed by atoms with E-state index in [9.17, 15) is 4.79 Å². The molecular formula is C14H17ClO4. The van der Waals surface area contributed by atoms with Crippen LogP contribution in [0.4, 0.5) is 0 Å². The van der Waals surface area contributed by atoms with Crippen LogP contribution in [-0.4, -0.2) is 31.2 Å². The van der Waals surface area contributed by atoms with Gasteiger partial charge in [0, 0.05) is 6.42 Å². The minimum Gasteiger partial charge on any atom is -0.490 e. The Morgan fingerprint density at radius 2 is 2.11 bits per heavy atom. The van der Waals surface area contributed by atoms with Gasteiger partial charge in [-0.05, 0) is 31.0 Å². The first-order chi connectivity index (χ1) is 9.20. The minimum atomic E-state index is -0.676. The second kappa shape index (κ2) is 6.66. The number of fused-ring (bicyclic) bond motifs is 1. The Labute approximate surface area is 117 Å². The van der Waals surface area contributed by atoms with Gasteiger partial charge >= 0.3 is 5.97 Å². The number of hydrogen-bond acceptors (Lipinski definition) is 4. The van der Waals surface area contributed by atoms with Crippen molar-refractivity contribution in [3.8, 4) is 11.5 Å². The Balaban J connectivity index is 2.05. The molecule has 2 rings (SSSR count). The van der Waals surface area contributed by atoms with Gasteiger partial charge in [0.15, 0.2) is 11.5 Å². The summed E-state index contributed by atoms with van der Waals surface area (Å²) in [5, 5.41) is -0.676. The lowest BCUT2D eigenvalue weighted by atomic mass is 10.1. The molecule has 5 heteroatoms. The fraction of sp³-hybridized carbons (Fsp3) is 0.500. The zero-order valence-corrected chi connectivity index (χ0v) is 11.6. The Morgan fingerprint density at radius 1 is 1.37 bits per heavy atom. The molecule has 1 aliphatic rings. The molecule has 1 atom stereocenters. The van der Waals surface area contributed by atoms with Gasteiger partial charge in [0.25, 0.3) is 0 Å². The van der Waals surface area contributed by atoms with Gasteiger partial charge < -0.3 is 14.2 Å². The smallest absolute Gasteiger partial charge is 0.324 e. The molecule has 1 aliphatic heterocycles. The number of carbonyl (C=O) groups excluding carboxylic acids is 1. The average Bonchev–Trinajstić information content (AvgIpc) is 2.63. The lowest BCUT2D eigenvalue weighted by Crippen LogP contribution is -2.20. The Hall–Kier alpha value is -1.42. The highest BCUT2D eigenvalue weighted by Gasteiger charge is 2.18. The van der Waals surface area contributed by atoms with E-state index >= 15 is 0 Å². The molecule has 1 unspecified atom stereocenters. The van der Waals surface area contributed by atoms with E-state index in [0.717, 1.165) is 17.7 Å². The summed E-state index contributed by atoms with van der Waals surface area (Å²) in [6, 6.07) is 5.61. The first-order valence-corrected chi connectivity index (χ1v) is 6.83. The van der Waals surface area contributed by atoms with Crippen molar-refractivity contribution >= 4 is 17.6 Å². The number of alkyl halides is 1. The molecule has 0 fully saturated rings. The second-order valence-electron chi connectivity index (χ2n) is 4.26. The van der Waals surface area contributed by atoms with E-state index in [4.69, 9.17) is 25.8 Å². The van der Waals surface area contributed by atoms with E-state index in [1.54, 1.807) is 6.92 Å². The van der Waals surface area contributed by atoms with Gasteiger partial charge in [0.05, 0.1) is 19.8 Å². The van der Waals surface area contributed by atoms with Crippen LogP contribution in [0.3, 0.4) is 0 Å². The zero-order chi connectivity index (χ0) is 13.7. The highest BCUT2D eigenvalue weighted by Crippen LogP contribution is 2.31. The standard InChI is InChI=1S/C14H17ClO4/c1-2-17-14(16)11(15)8-10-4-5-12-13(9-10)19-7-3-6-18-12/h4-5,9,11H,2-3,6-8H2,1H3. The number of benzene rings is 1. The molecule has 0 bridgehead atoms. The van der Waals surface area contributed by atoms with Crippen LogP contribution < -0.4 is 9.47 Å². The predicted molar refractivity (Wildman–Crippen MR) is 72.0 cm³/mol. The lowest BCUT2D eigenvalue weighted by Gasteiger charge is -2.11. The van der Waals surface area contributed by atoms with Crippen LogP contribution in [-0.2, 0) is 16.0 Å². The third-order valence-electron chi connectivity index (χ3n) is 2.77. The van der Waals surface area contributed by atoms with E-state index < -0.39 is 11.3 Å². The van der Waals surface area contributed by atoms with Crippen molar-refractivity contribution in [1.82, 2.24) is 0 Å².